The summed E-state index contributed by atoms with van der Waals surface area (Å²) < 4.78 is 5.20. The molecule has 0 aliphatic carbocycles. The molecule has 0 saturated heterocycles. The Labute approximate surface area is 181 Å². The molecule has 2 heterocycles. The van der Waals surface area contributed by atoms with Gasteiger partial charge in [0.1, 0.15) is 6.23 Å². The Morgan fingerprint density at radius 2 is 1.45 bits per heavy atom. The fourth-order valence-electron chi connectivity index (χ4n) is 3.19. The number of hydrogen-bond donors (Lipinski definition) is 2. The molecule has 0 saturated carbocycles. The number of nitrogens with zero attached hydrogens (tertiary/aromatic N) is 4. The highest BCUT2D eigenvalue weighted by molar-refractivity contribution is 5.64. The van der Waals surface area contributed by atoms with E-state index in [0.29, 0.717) is 23.2 Å². The van der Waals surface area contributed by atoms with E-state index < -0.39 is 6.23 Å². The molecule has 0 aliphatic heterocycles. The summed E-state index contributed by atoms with van der Waals surface area (Å²) >= 11 is 0. The molecule has 2 aromatic carbocycles. The van der Waals surface area contributed by atoms with E-state index in [0.717, 1.165) is 22.4 Å². The summed E-state index contributed by atoms with van der Waals surface area (Å²) in [5, 5.41) is 17.8. The molecule has 1 unspecified atom stereocenters. The summed E-state index contributed by atoms with van der Waals surface area (Å²) in [6.07, 6.45) is -1.04. The van der Waals surface area contributed by atoms with Crippen molar-refractivity contribution in [3.05, 3.63) is 83.1 Å². The molecular formula is C24H25N5O2. The van der Waals surface area contributed by atoms with Crippen LogP contribution in [0.1, 0.15) is 47.7 Å². The topological polar surface area (TPSA) is 97.0 Å². The van der Waals surface area contributed by atoms with Crippen LogP contribution in [0.3, 0.4) is 0 Å². The maximum Gasteiger partial charge on any atom is 0.243 e. The van der Waals surface area contributed by atoms with Gasteiger partial charge in [0.05, 0.1) is 17.4 Å². The van der Waals surface area contributed by atoms with Gasteiger partial charge in [0.2, 0.25) is 5.89 Å². The quantitative estimate of drug-likeness (QED) is 0.449. The zero-order valence-electron chi connectivity index (χ0n) is 18.0. The minimum atomic E-state index is -1.04. The summed E-state index contributed by atoms with van der Waals surface area (Å²) in [6, 6.07) is 17.6. The van der Waals surface area contributed by atoms with Crippen LogP contribution in [-0.4, -0.2) is 25.2 Å². The van der Waals surface area contributed by atoms with Crippen LogP contribution >= 0.6 is 0 Å². The number of aromatic nitrogens is 4. The lowest BCUT2D eigenvalue weighted by molar-refractivity contribution is 0.114. The lowest BCUT2D eigenvalue weighted by atomic mass is 10.1. The third-order valence-electron chi connectivity index (χ3n) is 5.00. The van der Waals surface area contributed by atoms with Gasteiger partial charge in [-0.25, -0.2) is 9.97 Å². The molecule has 31 heavy (non-hydrogen) atoms. The Bertz CT molecular complexity index is 1110. The van der Waals surface area contributed by atoms with Gasteiger partial charge in [-0.2, -0.15) is 4.98 Å². The Kier molecular flexibility index (Phi) is 5.88. The van der Waals surface area contributed by atoms with Crippen LogP contribution in [0.15, 0.2) is 59.1 Å². The van der Waals surface area contributed by atoms with Crippen LogP contribution in [0.25, 0.3) is 22.6 Å². The number of hydrogen-bond acceptors (Lipinski definition) is 7. The van der Waals surface area contributed by atoms with Gasteiger partial charge in [-0.1, -0.05) is 64.8 Å². The summed E-state index contributed by atoms with van der Waals surface area (Å²) in [5.74, 6) is 1.50. The number of aliphatic hydroxyl groups is 1. The van der Waals surface area contributed by atoms with E-state index >= 15 is 0 Å². The molecule has 7 nitrogen and oxygen atoms in total. The van der Waals surface area contributed by atoms with Crippen LogP contribution in [0.2, 0.25) is 0 Å². The zero-order chi connectivity index (χ0) is 22.0. The molecule has 4 aromatic rings. The number of nitrogens with one attached hydrogen (secondary N) is 1. The van der Waals surface area contributed by atoms with Crippen LogP contribution in [0, 0.1) is 20.8 Å². The van der Waals surface area contributed by atoms with Gasteiger partial charge >= 0.3 is 0 Å². The second-order valence-electron chi connectivity index (χ2n) is 7.70. The van der Waals surface area contributed by atoms with Gasteiger partial charge < -0.3 is 9.63 Å². The third kappa shape index (κ3) is 4.84. The first kappa shape index (κ1) is 20.8. The van der Waals surface area contributed by atoms with E-state index in [1.54, 1.807) is 13.0 Å². The van der Waals surface area contributed by atoms with Crippen molar-refractivity contribution in [2.24, 2.45) is 0 Å². The molecule has 0 bridgehead atoms. The van der Waals surface area contributed by atoms with Gasteiger partial charge in [0.15, 0.2) is 11.6 Å². The van der Waals surface area contributed by atoms with Crippen molar-refractivity contribution in [2.75, 3.05) is 0 Å². The first-order chi connectivity index (χ1) is 14.9. The smallest absolute Gasteiger partial charge is 0.243 e. The van der Waals surface area contributed by atoms with Crippen molar-refractivity contribution >= 4 is 0 Å². The van der Waals surface area contributed by atoms with Crippen LogP contribution in [0.4, 0.5) is 0 Å². The molecule has 7 heteroatoms. The number of aliphatic hydroxyl groups excluding tert-OH is 1. The van der Waals surface area contributed by atoms with Crippen molar-refractivity contribution in [2.45, 2.75) is 40.0 Å². The fraction of sp³-hybridized carbons (Fsp3) is 0.250. The lowest BCUT2D eigenvalue weighted by Crippen LogP contribution is -2.25. The van der Waals surface area contributed by atoms with E-state index in [-0.39, 0.29) is 6.04 Å². The van der Waals surface area contributed by atoms with E-state index in [2.05, 4.69) is 20.4 Å². The van der Waals surface area contributed by atoms with Crippen molar-refractivity contribution in [3.8, 4) is 22.6 Å². The second kappa shape index (κ2) is 8.75. The van der Waals surface area contributed by atoms with Crippen LogP contribution < -0.4 is 5.32 Å². The Morgan fingerprint density at radius 3 is 2.03 bits per heavy atom. The SMILES string of the molecule is Cc1ccc(-c2cc(C(O)N[C@H](C)c3nc(C)no3)nc(-c3ccc(C)cc3)n2)cc1. The van der Waals surface area contributed by atoms with Crippen LogP contribution in [-0.2, 0) is 0 Å². The Hall–Kier alpha value is -3.42. The third-order valence-corrected chi connectivity index (χ3v) is 5.00. The predicted molar refractivity (Wildman–Crippen MR) is 118 cm³/mol. The standard InChI is InChI=1S/C24H25N5O2/c1-14-5-9-18(10-6-14)20-13-21(23(30)25-16(3)24-26-17(4)29-31-24)28-22(27-20)19-11-7-15(2)8-12-19/h5-13,16,23,25,30H,1-4H3/t16-,23?/m1/s1. The summed E-state index contributed by atoms with van der Waals surface area (Å²) in [6.45, 7) is 7.68. The van der Waals surface area contributed by atoms with Crippen molar-refractivity contribution < 1.29 is 9.63 Å². The zero-order valence-corrected chi connectivity index (χ0v) is 18.0. The Balaban J connectivity index is 1.71. The largest absolute Gasteiger partial charge is 0.373 e. The highest BCUT2D eigenvalue weighted by Gasteiger charge is 2.20. The second-order valence-corrected chi connectivity index (χ2v) is 7.70. The number of rotatable bonds is 6. The van der Waals surface area contributed by atoms with E-state index in [1.165, 1.54) is 5.56 Å². The monoisotopic (exact) mass is 415 g/mol. The summed E-state index contributed by atoms with van der Waals surface area (Å²) in [5.41, 5.74) is 5.36. The van der Waals surface area contributed by atoms with Crippen LogP contribution in [0.5, 0.6) is 0 Å². The molecule has 2 aromatic heterocycles. The maximum atomic E-state index is 10.9. The minimum absolute atomic E-state index is 0.350. The minimum Gasteiger partial charge on any atom is -0.373 e. The molecule has 0 spiro atoms. The average molecular weight is 415 g/mol. The first-order valence-corrected chi connectivity index (χ1v) is 10.2. The highest BCUT2D eigenvalue weighted by Crippen LogP contribution is 2.26. The van der Waals surface area contributed by atoms with E-state index in [4.69, 9.17) is 9.51 Å². The summed E-state index contributed by atoms with van der Waals surface area (Å²) in [7, 11) is 0. The van der Waals surface area contributed by atoms with E-state index in [1.807, 2.05) is 69.3 Å². The molecule has 0 radical (unpaired) electrons. The van der Waals surface area contributed by atoms with Gasteiger partial charge in [-0.3, -0.25) is 5.32 Å². The lowest BCUT2D eigenvalue weighted by Gasteiger charge is -2.17. The van der Waals surface area contributed by atoms with Crippen molar-refractivity contribution in [3.63, 3.8) is 0 Å². The summed E-state index contributed by atoms with van der Waals surface area (Å²) in [4.78, 5) is 13.6. The molecule has 4 rings (SSSR count). The maximum absolute atomic E-state index is 10.9. The molecule has 2 atom stereocenters. The Morgan fingerprint density at radius 1 is 0.839 bits per heavy atom. The molecular weight excluding hydrogens is 390 g/mol. The molecule has 2 N–H and O–H groups in total. The number of benzene rings is 2. The van der Waals surface area contributed by atoms with Gasteiger partial charge in [-0.05, 0) is 33.8 Å². The van der Waals surface area contributed by atoms with Gasteiger partial charge in [-0.15, -0.1) is 0 Å². The predicted octanol–water partition coefficient (Wildman–Crippen LogP) is 4.46. The molecule has 158 valence electrons. The normalized spacial score (nSPS) is 13.2. The molecule has 0 aliphatic rings. The first-order valence-electron chi connectivity index (χ1n) is 10.2. The van der Waals surface area contributed by atoms with Gasteiger partial charge in [0.25, 0.3) is 0 Å². The van der Waals surface area contributed by atoms with Crippen molar-refractivity contribution in [1.29, 1.82) is 0 Å². The van der Waals surface area contributed by atoms with Crippen molar-refractivity contribution in [1.82, 2.24) is 25.4 Å². The van der Waals surface area contributed by atoms with Gasteiger partial charge in [0, 0.05) is 11.1 Å². The number of aryl methyl sites for hydroxylation is 3. The molecule has 0 fully saturated rings. The average Bonchev–Trinajstić information content (AvgIpc) is 3.21. The fourth-order valence-corrected chi connectivity index (χ4v) is 3.19. The highest BCUT2D eigenvalue weighted by atomic mass is 16.5. The molecule has 0 amide bonds. The van der Waals surface area contributed by atoms with E-state index in [9.17, 15) is 5.11 Å².